The third-order valence-electron chi connectivity index (χ3n) is 5.30. The second kappa shape index (κ2) is 5.78. The molecule has 2 atom stereocenters. The van der Waals surface area contributed by atoms with E-state index in [0.717, 1.165) is 29.6 Å². The maximum Gasteiger partial charge on any atom is 0.508 e. The van der Waals surface area contributed by atoms with Gasteiger partial charge in [-0.15, -0.1) is 0 Å². The standard InChI is InChI=1S/C17H24O5/c1-11(2)17(22-15(19)21-5)10-8-13-12(14(18)20-4)7-6-9-16(13,17)3/h1,6-10H2,2-5H3/t16-,17+/m0/s1. The molecule has 22 heavy (non-hydrogen) atoms. The predicted octanol–water partition coefficient (Wildman–Crippen LogP) is 3.54. The van der Waals surface area contributed by atoms with E-state index in [1.165, 1.54) is 14.2 Å². The number of methoxy groups -OCH3 is 2. The molecule has 2 aliphatic carbocycles. The number of carbonyl (C=O) groups is 2. The van der Waals surface area contributed by atoms with E-state index in [1.54, 1.807) is 0 Å². The molecule has 2 aliphatic rings. The topological polar surface area (TPSA) is 61.8 Å². The molecule has 0 unspecified atom stereocenters. The smallest absolute Gasteiger partial charge is 0.466 e. The van der Waals surface area contributed by atoms with E-state index >= 15 is 0 Å². The highest BCUT2D eigenvalue weighted by Gasteiger charge is 2.60. The van der Waals surface area contributed by atoms with E-state index in [1.807, 2.05) is 6.92 Å². The highest BCUT2D eigenvalue weighted by atomic mass is 16.7. The monoisotopic (exact) mass is 308 g/mol. The first kappa shape index (κ1) is 16.6. The zero-order chi connectivity index (χ0) is 16.5. The van der Waals surface area contributed by atoms with E-state index in [0.29, 0.717) is 19.3 Å². The van der Waals surface area contributed by atoms with Crippen LogP contribution in [0.25, 0.3) is 0 Å². The fourth-order valence-electron chi connectivity index (χ4n) is 4.17. The molecular weight excluding hydrogens is 284 g/mol. The minimum Gasteiger partial charge on any atom is -0.466 e. The normalized spacial score (nSPS) is 30.5. The minimum atomic E-state index is -0.824. The summed E-state index contributed by atoms with van der Waals surface area (Å²) in [5, 5.41) is 0. The van der Waals surface area contributed by atoms with Crippen LogP contribution < -0.4 is 0 Å². The molecule has 1 fully saturated rings. The molecule has 0 radical (unpaired) electrons. The molecule has 0 aromatic heterocycles. The summed E-state index contributed by atoms with van der Waals surface area (Å²) in [6.07, 6.45) is 3.00. The van der Waals surface area contributed by atoms with Gasteiger partial charge in [0.05, 0.1) is 14.2 Å². The van der Waals surface area contributed by atoms with E-state index in [-0.39, 0.29) is 5.97 Å². The Balaban J connectivity index is 2.54. The molecule has 0 heterocycles. The van der Waals surface area contributed by atoms with Gasteiger partial charge in [-0.25, -0.2) is 9.59 Å². The van der Waals surface area contributed by atoms with Crippen molar-refractivity contribution >= 4 is 12.1 Å². The number of hydrogen-bond acceptors (Lipinski definition) is 5. The zero-order valence-corrected chi connectivity index (χ0v) is 13.8. The van der Waals surface area contributed by atoms with Crippen molar-refractivity contribution in [2.45, 2.75) is 51.6 Å². The van der Waals surface area contributed by atoms with Crippen LogP contribution in [0.1, 0.15) is 46.0 Å². The van der Waals surface area contributed by atoms with Crippen LogP contribution in [0.4, 0.5) is 4.79 Å². The largest absolute Gasteiger partial charge is 0.508 e. The Morgan fingerprint density at radius 2 is 1.82 bits per heavy atom. The molecule has 0 N–H and O–H groups in total. The van der Waals surface area contributed by atoms with Crippen LogP contribution in [0, 0.1) is 5.41 Å². The second-order valence-corrected chi connectivity index (χ2v) is 6.30. The van der Waals surface area contributed by atoms with Crippen molar-refractivity contribution < 1.29 is 23.8 Å². The molecule has 0 saturated heterocycles. The number of esters is 1. The Morgan fingerprint density at radius 1 is 1.14 bits per heavy atom. The summed E-state index contributed by atoms with van der Waals surface area (Å²) >= 11 is 0. The van der Waals surface area contributed by atoms with Crippen molar-refractivity contribution in [3.8, 4) is 0 Å². The summed E-state index contributed by atoms with van der Waals surface area (Å²) in [6, 6.07) is 0. The van der Waals surface area contributed by atoms with Crippen molar-refractivity contribution in [2.24, 2.45) is 5.41 Å². The van der Waals surface area contributed by atoms with Crippen LogP contribution in [-0.4, -0.2) is 31.9 Å². The molecule has 122 valence electrons. The number of hydrogen-bond donors (Lipinski definition) is 0. The summed E-state index contributed by atoms with van der Waals surface area (Å²) in [6.45, 7) is 7.97. The molecule has 0 amide bonds. The first-order chi connectivity index (χ1) is 10.3. The third-order valence-corrected chi connectivity index (χ3v) is 5.30. The van der Waals surface area contributed by atoms with Crippen molar-refractivity contribution in [3.05, 3.63) is 23.3 Å². The van der Waals surface area contributed by atoms with Gasteiger partial charge in [0.15, 0.2) is 0 Å². The second-order valence-electron chi connectivity index (χ2n) is 6.30. The van der Waals surface area contributed by atoms with Gasteiger partial charge in [-0.3, -0.25) is 0 Å². The van der Waals surface area contributed by atoms with Gasteiger partial charge >= 0.3 is 12.1 Å². The molecule has 0 aromatic carbocycles. The van der Waals surface area contributed by atoms with E-state index in [2.05, 4.69) is 13.5 Å². The predicted molar refractivity (Wildman–Crippen MR) is 81.3 cm³/mol. The number of rotatable bonds is 3. The molecule has 0 aliphatic heterocycles. The average Bonchev–Trinajstić information content (AvgIpc) is 2.80. The Labute approximate surface area is 131 Å². The van der Waals surface area contributed by atoms with Crippen molar-refractivity contribution in [1.29, 1.82) is 0 Å². The summed E-state index contributed by atoms with van der Waals surface area (Å²) in [5.41, 5.74) is 1.29. The van der Waals surface area contributed by atoms with Crippen molar-refractivity contribution in [2.75, 3.05) is 14.2 Å². The molecule has 5 nitrogen and oxygen atoms in total. The molecule has 2 rings (SSSR count). The number of fused-ring (bicyclic) bond motifs is 1. The Morgan fingerprint density at radius 3 is 2.36 bits per heavy atom. The van der Waals surface area contributed by atoms with Crippen LogP contribution in [-0.2, 0) is 19.0 Å². The summed E-state index contributed by atoms with van der Waals surface area (Å²) in [5.74, 6) is -0.281. The third kappa shape index (κ3) is 2.23. The molecule has 5 heteroatoms. The Bertz CT molecular complexity index is 547. The highest BCUT2D eigenvalue weighted by Crippen LogP contribution is 2.61. The lowest BCUT2D eigenvalue weighted by Crippen LogP contribution is -2.48. The van der Waals surface area contributed by atoms with Crippen LogP contribution in [0.2, 0.25) is 0 Å². The maximum atomic E-state index is 12.1. The van der Waals surface area contributed by atoms with Gasteiger partial charge in [-0.2, -0.15) is 0 Å². The molecule has 0 bridgehead atoms. The fraction of sp³-hybridized carbons (Fsp3) is 0.647. The van der Waals surface area contributed by atoms with Crippen LogP contribution in [0.5, 0.6) is 0 Å². The zero-order valence-electron chi connectivity index (χ0n) is 13.8. The van der Waals surface area contributed by atoms with Crippen molar-refractivity contribution in [3.63, 3.8) is 0 Å². The Kier molecular flexibility index (Phi) is 4.36. The van der Waals surface area contributed by atoms with E-state index in [4.69, 9.17) is 14.2 Å². The Hall–Kier alpha value is -1.78. The first-order valence-corrected chi connectivity index (χ1v) is 7.56. The van der Waals surface area contributed by atoms with Gasteiger partial charge < -0.3 is 14.2 Å². The van der Waals surface area contributed by atoms with Crippen LogP contribution in [0.15, 0.2) is 23.3 Å². The maximum absolute atomic E-state index is 12.1. The lowest BCUT2D eigenvalue weighted by atomic mass is 9.64. The van der Waals surface area contributed by atoms with Gasteiger partial charge in [0.25, 0.3) is 0 Å². The number of carbonyl (C=O) groups excluding carboxylic acids is 2. The van der Waals surface area contributed by atoms with E-state index in [9.17, 15) is 9.59 Å². The van der Waals surface area contributed by atoms with Gasteiger partial charge in [-0.05, 0) is 50.2 Å². The van der Waals surface area contributed by atoms with Crippen LogP contribution in [0.3, 0.4) is 0 Å². The fourth-order valence-corrected chi connectivity index (χ4v) is 4.17. The van der Waals surface area contributed by atoms with Gasteiger partial charge in [-0.1, -0.05) is 13.5 Å². The van der Waals surface area contributed by atoms with Crippen LogP contribution >= 0.6 is 0 Å². The lowest BCUT2D eigenvalue weighted by molar-refractivity contribution is -0.136. The summed E-state index contributed by atoms with van der Waals surface area (Å²) in [4.78, 5) is 23.8. The molecule has 0 spiro atoms. The van der Waals surface area contributed by atoms with Gasteiger partial charge in [0.2, 0.25) is 0 Å². The average molecular weight is 308 g/mol. The van der Waals surface area contributed by atoms with Gasteiger partial charge in [0.1, 0.15) is 5.60 Å². The molecule has 0 aromatic rings. The first-order valence-electron chi connectivity index (χ1n) is 7.56. The lowest BCUT2D eigenvalue weighted by Gasteiger charge is -2.46. The quantitative estimate of drug-likeness (QED) is 0.589. The molecular formula is C17H24O5. The SMILES string of the molecule is C=C(C)[C@]1(OC(=O)OC)CCC2=C(C(=O)OC)CCC[C@@]21C. The number of ether oxygens (including phenoxy) is 3. The summed E-state index contributed by atoms with van der Waals surface area (Å²) in [7, 11) is 2.69. The molecule has 1 saturated carbocycles. The summed E-state index contributed by atoms with van der Waals surface area (Å²) < 4.78 is 15.3. The van der Waals surface area contributed by atoms with Gasteiger partial charge in [0, 0.05) is 11.0 Å². The highest BCUT2D eigenvalue weighted by molar-refractivity contribution is 5.90. The van der Waals surface area contributed by atoms with Crippen molar-refractivity contribution in [1.82, 2.24) is 0 Å². The van der Waals surface area contributed by atoms with E-state index < -0.39 is 17.2 Å². The minimum absolute atomic E-state index is 0.281.